The van der Waals surface area contributed by atoms with Crippen molar-refractivity contribution in [3.05, 3.63) is 53.4 Å². The molecule has 9 heteroatoms. The van der Waals surface area contributed by atoms with Crippen molar-refractivity contribution in [3.8, 4) is 11.4 Å². The summed E-state index contributed by atoms with van der Waals surface area (Å²) in [7, 11) is 0. The van der Waals surface area contributed by atoms with E-state index in [2.05, 4.69) is 20.1 Å². The second kappa shape index (κ2) is 7.26. The summed E-state index contributed by atoms with van der Waals surface area (Å²) >= 11 is 0. The molecule has 1 amide bonds. The van der Waals surface area contributed by atoms with Gasteiger partial charge in [-0.05, 0) is 6.92 Å². The molecule has 9 nitrogen and oxygen atoms in total. The third-order valence-corrected chi connectivity index (χ3v) is 4.81. The summed E-state index contributed by atoms with van der Waals surface area (Å²) in [5.41, 5.74) is 3.61. The zero-order chi connectivity index (χ0) is 19.7. The Bertz CT molecular complexity index is 1010. The van der Waals surface area contributed by atoms with Crippen molar-refractivity contribution in [1.29, 1.82) is 0 Å². The number of benzene rings is 1. The molecule has 2 N–H and O–H groups in total. The molecule has 4 rings (SSSR count). The van der Waals surface area contributed by atoms with E-state index in [9.17, 15) is 9.59 Å². The maximum absolute atomic E-state index is 12.7. The van der Waals surface area contributed by atoms with Crippen LogP contribution in [0.15, 0.2) is 35.1 Å². The van der Waals surface area contributed by atoms with Gasteiger partial charge in [0.2, 0.25) is 17.6 Å². The highest BCUT2D eigenvalue weighted by Gasteiger charge is 2.36. The minimum Gasteiger partial charge on any atom is -0.481 e. The maximum atomic E-state index is 12.7. The van der Waals surface area contributed by atoms with Crippen LogP contribution < -0.4 is 0 Å². The van der Waals surface area contributed by atoms with Crippen LogP contribution in [0.5, 0.6) is 0 Å². The first-order chi connectivity index (χ1) is 13.5. The maximum Gasteiger partial charge on any atom is 0.303 e. The number of nitrogens with zero attached hydrogens (tertiary/aromatic N) is 4. The Morgan fingerprint density at radius 3 is 2.82 bits per heavy atom. The molecule has 3 heterocycles. The lowest BCUT2D eigenvalue weighted by Gasteiger charge is -2.32. The molecule has 0 aliphatic carbocycles. The molecule has 3 aromatic rings. The highest BCUT2D eigenvalue weighted by molar-refractivity contribution is 5.81. The number of carbonyl (C=O) groups is 2. The number of aryl methyl sites for hydroxylation is 1. The Labute approximate surface area is 160 Å². The van der Waals surface area contributed by atoms with E-state index in [0.717, 1.165) is 22.5 Å². The quantitative estimate of drug-likeness (QED) is 0.694. The van der Waals surface area contributed by atoms with Gasteiger partial charge in [0.15, 0.2) is 0 Å². The van der Waals surface area contributed by atoms with Gasteiger partial charge in [0, 0.05) is 18.4 Å². The van der Waals surface area contributed by atoms with Crippen LogP contribution in [0, 0.1) is 6.92 Å². The minimum atomic E-state index is -1.01. The normalized spacial score (nSPS) is 16.0. The first kappa shape index (κ1) is 17.9. The Hall–Kier alpha value is -3.49. The third kappa shape index (κ3) is 3.51. The molecule has 0 radical (unpaired) electrons. The van der Waals surface area contributed by atoms with Gasteiger partial charge in [0.25, 0.3) is 0 Å². The summed E-state index contributed by atoms with van der Waals surface area (Å²) in [5.74, 6) is -0.528. The van der Waals surface area contributed by atoms with Crippen molar-refractivity contribution in [1.82, 2.24) is 25.0 Å². The van der Waals surface area contributed by atoms with Crippen molar-refractivity contribution in [2.75, 3.05) is 0 Å². The van der Waals surface area contributed by atoms with Crippen LogP contribution in [0.3, 0.4) is 0 Å². The van der Waals surface area contributed by atoms with Gasteiger partial charge in [-0.1, -0.05) is 35.0 Å². The number of aliphatic carboxylic acids is 1. The number of imidazole rings is 1. The van der Waals surface area contributed by atoms with Gasteiger partial charge in [0.05, 0.1) is 30.7 Å². The average molecular weight is 381 g/mol. The second-order valence-electron chi connectivity index (χ2n) is 6.79. The highest BCUT2D eigenvalue weighted by Crippen LogP contribution is 2.32. The summed E-state index contributed by atoms with van der Waals surface area (Å²) in [6.45, 7) is 2.29. The summed E-state index contributed by atoms with van der Waals surface area (Å²) in [4.78, 5) is 36.9. The second-order valence-corrected chi connectivity index (χ2v) is 6.79. The molecule has 1 aromatic carbocycles. The van der Waals surface area contributed by atoms with Crippen molar-refractivity contribution in [2.24, 2.45) is 0 Å². The predicted molar refractivity (Wildman–Crippen MR) is 96.9 cm³/mol. The van der Waals surface area contributed by atoms with E-state index in [1.54, 1.807) is 11.2 Å². The minimum absolute atomic E-state index is 0.0890. The van der Waals surface area contributed by atoms with E-state index >= 15 is 0 Å². The molecule has 1 aliphatic rings. The van der Waals surface area contributed by atoms with E-state index < -0.39 is 12.0 Å². The molecule has 0 spiro atoms. The molecule has 1 unspecified atom stereocenters. The summed E-state index contributed by atoms with van der Waals surface area (Å²) in [5, 5.41) is 12.9. The van der Waals surface area contributed by atoms with Crippen LogP contribution in [0.1, 0.15) is 41.7 Å². The van der Waals surface area contributed by atoms with Crippen LogP contribution in [0.2, 0.25) is 0 Å². The van der Waals surface area contributed by atoms with Crippen LogP contribution in [-0.4, -0.2) is 42.0 Å². The Morgan fingerprint density at radius 2 is 2.07 bits per heavy atom. The molecule has 1 aliphatic heterocycles. The van der Waals surface area contributed by atoms with E-state index in [0.29, 0.717) is 24.7 Å². The topological polar surface area (TPSA) is 125 Å². The molecule has 144 valence electrons. The van der Waals surface area contributed by atoms with Gasteiger partial charge in [0.1, 0.15) is 6.04 Å². The number of fused-ring (bicyclic) bond motifs is 1. The number of hydrogen-bond donors (Lipinski definition) is 2. The number of carboxylic acids is 1. The number of amides is 1. The van der Waals surface area contributed by atoms with Gasteiger partial charge < -0.3 is 19.5 Å². The molecule has 0 saturated heterocycles. The number of rotatable bonds is 5. The molecule has 0 fully saturated rings. The van der Waals surface area contributed by atoms with Crippen molar-refractivity contribution in [3.63, 3.8) is 0 Å². The number of aromatic nitrogens is 4. The number of H-pyrrole nitrogens is 1. The van der Waals surface area contributed by atoms with Crippen LogP contribution >= 0.6 is 0 Å². The van der Waals surface area contributed by atoms with E-state index in [1.165, 1.54) is 0 Å². The first-order valence-corrected chi connectivity index (χ1v) is 8.94. The fourth-order valence-electron chi connectivity index (χ4n) is 3.27. The zero-order valence-electron chi connectivity index (χ0n) is 15.3. The van der Waals surface area contributed by atoms with Crippen LogP contribution in [0.25, 0.3) is 11.4 Å². The highest BCUT2D eigenvalue weighted by atomic mass is 16.5. The van der Waals surface area contributed by atoms with E-state index in [-0.39, 0.29) is 18.7 Å². The third-order valence-electron chi connectivity index (χ3n) is 4.81. The summed E-state index contributed by atoms with van der Waals surface area (Å²) in [6, 6.07) is 7.26. The van der Waals surface area contributed by atoms with E-state index in [1.807, 2.05) is 31.2 Å². The van der Waals surface area contributed by atoms with E-state index in [4.69, 9.17) is 9.63 Å². The summed E-state index contributed by atoms with van der Waals surface area (Å²) < 4.78 is 5.48. The molecular weight excluding hydrogens is 362 g/mol. The largest absolute Gasteiger partial charge is 0.481 e. The Morgan fingerprint density at radius 1 is 1.29 bits per heavy atom. The smallest absolute Gasteiger partial charge is 0.303 e. The lowest BCUT2D eigenvalue weighted by atomic mass is 10.0. The Kier molecular flexibility index (Phi) is 4.64. The molecular formula is C19H19N5O4. The van der Waals surface area contributed by atoms with Crippen molar-refractivity contribution in [2.45, 2.75) is 38.8 Å². The predicted octanol–water partition coefficient (Wildman–Crippen LogP) is 2.26. The van der Waals surface area contributed by atoms with Gasteiger partial charge >= 0.3 is 5.97 Å². The van der Waals surface area contributed by atoms with Gasteiger partial charge in [-0.3, -0.25) is 9.59 Å². The molecule has 0 bridgehead atoms. The van der Waals surface area contributed by atoms with Crippen LogP contribution in [0.4, 0.5) is 0 Å². The number of carbonyl (C=O) groups excluding carboxylic acids is 1. The van der Waals surface area contributed by atoms with Gasteiger partial charge in [-0.15, -0.1) is 0 Å². The number of aromatic amines is 1. The molecule has 0 saturated carbocycles. The zero-order valence-corrected chi connectivity index (χ0v) is 15.3. The number of carboxylic acid groups (broad SMARTS) is 1. The number of hydrogen-bond acceptors (Lipinski definition) is 6. The summed E-state index contributed by atoms with van der Waals surface area (Å²) in [6.07, 6.45) is 1.69. The van der Waals surface area contributed by atoms with Crippen molar-refractivity contribution >= 4 is 11.9 Å². The molecule has 28 heavy (non-hydrogen) atoms. The Balaban J connectivity index is 1.62. The molecule has 1 atom stereocenters. The fraction of sp³-hybridized carbons (Fsp3) is 0.316. The van der Waals surface area contributed by atoms with Crippen LogP contribution in [-0.2, 0) is 22.6 Å². The SMILES string of the molecule is Cc1ccc(-c2noc(C3Cc4nc[nH]c4CN3C(=O)CCC(=O)O)n2)cc1. The monoisotopic (exact) mass is 381 g/mol. The van der Waals surface area contributed by atoms with Gasteiger partial charge in [-0.25, -0.2) is 4.98 Å². The number of nitrogens with one attached hydrogen (secondary N) is 1. The first-order valence-electron chi connectivity index (χ1n) is 8.94. The van der Waals surface area contributed by atoms with Gasteiger partial charge in [-0.2, -0.15) is 4.98 Å². The van der Waals surface area contributed by atoms with Crippen molar-refractivity contribution < 1.29 is 19.2 Å². The average Bonchev–Trinajstić information content (AvgIpc) is 3.34. The lowest BCUT2D eigenvalue weighted by Crippen LogP contribution is -2.39. The standard InChI is InChI=1S/C19H19N5O4/c1-11-2-4-12(5-3-11)18-22-19(28-23-18)15-8-13-14(21-10-20-13)9-24(15)16(25)6-7-17(26)27/h2-5,10,15H,6-9H2,1H3,(H,20,21)(H,26,27). The molecule has 2 aromatic heterocycles. The lowest BCUT2D eigenvalue weighted by molar-refractivity contribution is -0.142. The fourth-order valence-corrected chi connectivity index (χ4v) is 3.27.